The lowest BCUT2D eigenvalue weighted by molar-refractivity contribution is -0.132. The molecule has 2 aromatic rings. The van der Waals surface area contributed by atoms with Crippen molar-refractivity contribution in [3.8, 4) is 0 Å². The normalized spacial score (nSPS) is 11.2. The van der Waals surface area contributed by atoms with Crippen LogP contribution in [-0.2, 0) is 30.8 Å². The highest BCUT2D eigenvalue weighted by Crippen LogP contribution is 2.16. The quantitative estimate of drug-likeness (QED) is 0.605. The van der Waals surface area contributed by atoms with Crippen LogP contribution in [-0.4, -0.2) is 50.2 Å². The average molecular weight is 432 g/mol. The predicted molar refractivity (Wildman–Crippen MR) is 110 cm³/mol. The Labute approximate surface area is 175 Å². The number of rotatable bonds is 9. The number of nitrogens with one attached hydrogen (secondary N) is 1. The molecule has 0 fully saturated rings. The summed E-state index contributed by atoms with van der Waals surface area (Å²) in [5, 5.41) is 2.15. The van der Waals surface area contributed by atoms with Gasteiger partial charge in [-0.15, -0.1) is 0 Å². The second kappa shape index (κ2) is 10.7. The molecule has 30 heavy (non-hydrogen) atoms. The molecule has 0 saturated carbocycles. The lowest BCUT2D eigenvalue weighted by atomic mass is 10.1. The van der Waals surface area contributed by atoms with Crippen molar-refractivity contribution in [1.82, 2.24) is 9.62 Å². The van der Waals surface area contributed by atoms with Crippen molar-refractivity contribution >= 4 is 27.8 Å². The van der Waals surface area contributed by atoms with Crippen LogP contribution in [0.3, 0.4) is 0 Å². The molecule has 0 aliphatic carbocycles. The number of sulfonamides is 1. The van der Waals surface area contributed by atoms with Gasteiger partial charge in [-0.2, -0.15) is 4.31 Å². The molecule has 9 heteroatoms. The molecule has 0 radical (unpaired) electrons. The van der Waals surface area contributed by atoms with E-state index in [1.54, 1.807) is 38.1 Å². The summed E-state index contributed by atoms with van der Waals surface area (Å²) in [5.74, 6) is -2.05. The third kappa shape index (κ3) is 6.23. The molecule has 2 rings (SSSR count). The topological polar surface area (TPSA) is 110 Å². The number of carbonyl (C=O) groups is 3. The summed E-state index contributed by atoms with van der Waals surface area (Å²) in [6.07, 6.45) is 0.0308. The molecule has 2 aromatic carbocycles. The molecule has 0 aliphatic rings. The van der Waals surface area contributed by atoms with Crippen molar-refractivity contribution in [3.05, 3.63) is 65.7 Å². The van der Waals surface area contributed by atoms with Gasteiger partial charge < -0.3 is 4.74 Å². The first kappa shape index (κ1) is 23.2. The van der Waals surface area contributed by atoms with E-state index < -0.39 is 34.4 Å². The van der Waals surface area contributed by atoms with E-state index in [1.165, 1.54) is 28.6 Å². The summed E-state index contributed by atoms with van der Waals surface area (Å²) < 4.78 is 31.1. The smallest absolute Gasteiger partial charge is 0.338 e. The summed E-state index contributed by atoms with van der Waals surface area (Å²) in [4.78, 5) is 35.8. The van der Waals surface area contributed by atoms with Crippen LogP contribution >= 0.6 is 0 Å². The standard InChI is InChI=1S/C21H24N2O6S/c1-3-23(4-2)30(27,28)18-12-10-17(11-13-18)21(26)29-15-20(25)22-19(24)14-16-8-6-5-7-9-16/h5-13H,3-4,14-15H2,1-2H3,(H,22,24,25). The summed E-state index contributed by atoms with van der Waals surface area (Å²) in [5.41, 5.74) is 0.844. The minimum Gasteiger partial charge on any atom is -0.452 e. The van der Waals surface area contributed by atoms with Crippen LogP contribution in [0, 0.1) is 0 Å². The number of hydrogen-bond acceptors (Lipinski definition) is 6. The number of benzene rings is 2. The fraction of sp³-hybridized carbons (Fsp3) is 0.286. The molecule has 0 bridgehead atoms. The van der Waals surface area contributed by atoms with Gasteiger partial charge in [0.05, 0.1) is 16.9 Å². The molecule has 0 spiro atoms. The number of carbonyl (C=O) groups excluding carboxylic acids is 3. The largest absolute Gasteiger partial charge is 0.452 e. The summed E-state index contributed by atoms with van der Waals surface area (Å²) in [7, 11) is -3.63. The van der Waals surface area contributed by atoms with Gasteiger partial charge in [0.15, 0.2) is 6.61 Å². The van der Waals surface area contributed by atoms with Crippen LogP contribution in [0.15, 0.2) is 59.5 Å². The zero-order chi connectivity index (χ0) is 22.1. The van der Waals surface area contributed by atoms with E-state index in [2.05, 4.69) is 5.32 Å². The maximum atomic E-state index is 12.4. The highest BCUT2D eigenvalue weighted by molar-refractivity contribution is 7.89. The molecule has 2 amide bonds. The summed E-state index contributed by atoms with van der Waals surface area (Å²) in [6, 6.07) is 14.2. The van der Waals surface area contributed by atoms with E-state index >= 15 is 0 Å². The minimum atomic E-state index is -3.63. The zero-order valence-corrected chi connectivity index (χ0v) is 17.6. The summed E-state index contributed by atoms with van der Waals surface area (Å²) >= 11 is 0. The van der Waals surface area contributed by atoms with Crippen molar-refractivity contribution < 1.29 is 27.5 Å². The molecule has 8 nitrogen and oxygen atoms in total. The Balaban J connectivity index is 1.88. The SMILES string of the molecule is CCN(CC)S(=O)(=O)c1ccc(C(=O)OCC(=O)NC(=O)Cc2ccccc2)cc1. The molecule has 0 aliphatic heterocycles. The number of esters is 1. The first-order valence-corrected chi connectivity index (χ1v) is 10.9. The van der Waals surface area contributed by atoms with E-state index in [9.17, 15) is 22.8 Å². The van der Waals surface area contributed by atoms with Crippen molar-refractivity contribution in [2.24, 2.45) is 0 Å². The Morgan fingerprint density at radius 3 is 2.07 bits per heavy atom. The molecule has 0 atom stereocenters. The zero-order valence-electron chi connectivity index (χ0n) is 16.8. The van der Waals surface area contributed by atoms with E-state index in [-0.39, 0.29) is 16.9 Å². The van der Waals surface area contributed by atoms with Crippen LogP contribution in [0.5, 0.6) is 0 Å². The van der Waals surface area contributed by atoms with E-state index in [0.29, 0.717) is 13.1 Å². The monoisotopic (exact) mass is 432 g/mol. The molecular weight excluding hydrogens is 408 g/mol. The Morgan fingerprint density at radius 1 is 0.900 bits per heavy atom. The highest BCUT2D eigenvalue weighted by Gasteiger charge is 2.22. The molecule has 0 saturated heterocycles. The fourth-order valence-corrected chi connectivity index (χ4v) is 4.17. The maximum absolute atomic E-state index is 12.4. The molecule has 0 heterocycles. The Hall–Kier alpha value is -3.04. The van der Waals surface area contributed by atoms with Crippen molar-refractivity contribution in [2.75, 3.05) is 19.7 Å². The Bertz CT molecular complexity index is 984. The molecule has 160 valence electrons. The van der Waals surface area contributed by atoms with Gasteiger partial charge in [-0.3, -0.25) is 14.9 Å². The van der Waals surface area contributed by atoms with Gasteiger partial charge in [-0.05, 0) is 29.8 Å². The van der Waals surface area contributed by atoms with Crippen LogP contribution in [0.4, 0.5) is 0 Å². The number of hydrogen-bond donors (Lipinski definition) is 1. The average Bonchev–Trinajstić information content (AvgIpc) is 2.73. The second-order valence-corrected chi connectivity index (χ2v) is 8.26. The summed E-state index contributed by atoms with van der Waals surface area (Å²) in [6.45, 7) is 3.52. The second-order valence-electron chi connectivity index (χ2n) is 6.32. The highest BCUT2D eigenvalue weighted by atomic mass is 32.2. The van der Waals surface area contributed by atoms with Crippen LogP contribution in [0.1, 0.15) is 29.8 Å². The van der Waals surface area contributed by atoms with E-state index in [0.717, 1.165) is 5.56 Å². The predicted octanol–water partition coefficient (Wildman–Crippen LogP) is 1.76. The third-order valence-electron chi connectivity index (χ3n) is 4.25. The number of imide groups is 1. The van der Waals surface area contributed by atoms with Crippen molar-refractivity contribution in [1.29, 1.82) is 0 Å². The van der Waals surface area contributed by atoms with Crippen molar-refractivity contribution in [2.45, 2.75) is 25.2 Å². The van der Waals surface area contributed by atoms with Gasteiger partial charge in [0, 0.05) is 13.1 Å². The van der Waals surface area contributed by atoms with Crippen LogP contribution in [0.25, 0.3) is 0 Å². The molecule has 1 N–H and O–H groups in total. The first-order chi connectivity index (χ1) is 14.3. The van der Waals surface area contributed by atoms with E-state index in [4.69, 9.17) is 4.74 Å². The third-order valence-corrected chi connectivity index (χ3v) is 6.32. The van der Waals surface area contributed by atoms with Gasteiger partial charge in [0.1, 0.15) is 0 Å². The minimum absolute atomic E-state index is 0.0308. The maximum Gasteiger partial charge on any atom is 0.338 e. The Kier molecular flexibility index (Phi) is 8.25. The lowest BCUT2D eigenvalue weighted by Crippen LogP contribution is -2.35. The lowest BCUT2D eigenvalue weighted by Gasteiger charge is -2.18. The number of amides is 2. The van der Waals surface area contributed by atoms with Crippen LogP contribution < -0.4 is 5.32 Å². The van der Waals surface area contributed by atoms with E-state index in [1.807, 2.05) is 6.07 Å². The van der Waals surface area contributed by atoms with Gasteiger partial charge in [0.25, 0.3) is 5.91 Å². The van der Waals surface area contributed by atoms with Crippen LogP contribution in [0.2, 0.25) is 0 Å². The molecule has 0 aromatic heterocycles. The first-order valence-electron chi connectivity index (χ1n) is 9.41. The Morgan fingerprint density at radius 2 is 1.50 bits per heavy atom. The fourth-order valence-electron chi connectivity index (χ4n) is 2.71. The molecular formula is C21H24N2O6S. The number of ether oxygens (including phenoxy) is 1. The van der Waals surface area contributed by atoms with Gasteiger partial charge in [-0.1, -0.05) is 44.2 Å². The number of nitrogens with zero attached hydrogens (tertiary/aromatic N) is 1. The van der Waals surface area contributed by atoms with Crippen molar-refractivity contribution in [3.63, 3.8) is 0 Å². The van der Waals surface area contributed by atoms with Gasteiger partial charge in [-0.25, -0.2) is 13.2 Å². The molecule has 0 unspecified atom stereocenters. The van der Waals surface area contributed by atoms with Gasteiger partial charge >= 0.3 is 5.97 Å². The van der Waals surface area contributed by atoms with Gasteiger partial charge in [0.2, 0.25) is 15.9 Å².